The van der Waals surface area contributed by atoms with Crippen LogP contribution in [0.2, 0.25) is 0 Å². The maximum Gasteiger partial charge on any atom is 0.332 e. The number of hydrogen-bond donors (Lipinski definition) is 0. The van der Waals surface area contributed by atoms with Gasteiger partial charge in [-0.2, -0.15) is 0 Å². The molecule has 0 N–H and O–H groups in total. The molecule has 3 rings (SSSR count). The predicted molar refractivity (Wildman–Crippen MR) is 79.6 cm³/mol. The lowest BCUT2D eigenvalue weighted by Crippen LogP contribution is -2.40. The summed E-state index contributed by atoms with van der Waals surface area (Å²) in [6.45, 7) is 4.88. The van der Waals surface area contributed by atoms with E-state index in [1.54, 1.807) is 27.6 Å². The molecule has 0 bridgehead atoms. The highest BCUT2D eigenvalue weighted by Crippen LogP contribution is 2.11. The van der Waals surface area contributed by atoms with Crippen LogP contribution < -0.4 is 11.2 Å². The third kappa shape index (κ3) is 1.96. The number of nitrogens with zero attached hydrogens (tertiary/aromatic N) is 5. The van der Waals surface area contributed by atoms with E-state index in [1.165, 1.54) is 4.57 Å². The molecule has 0 saturated heterocycles. The monoisotopic (exact) mass is 287 g/mol. The van der Waals surface area contributed by atoms with Gasteiger partial charge in [0.15, 0.2) is 16.8 Å². The average Bonchev–Trinajstić information content (AvgIpc) is 2.87. The zero-order valence-corrected chi connectivity index (χ0v) is 12.1. The molecule has 0 spiro atoms. The van der Waals surface area contributed by atoms with Crippen molar-refractivity contribution >= 4 is 16.8 Å². The summed E-state index contributed by atoms with van der Waals surface area (Å²) in [5, 5.41) is 0. The quantitative estimate of drug-likeness (QED) is 0.718. The zero-order chi connectivity index (χ0) is 15.0. The van der Waals surface area contributed by atoms with Crippen molar-refractivity contribution in [2.75, 3.05) is 0 Å². The fraction of sp³-hybridized carbons (Fsp3) is 0.429. The fourth-order valence-electron chi connectivity index (χ4n) is 2.58. The summed E-state index contributed by atoms with van der Waals surface area (Å²) in [7, 11) is 0. The second kappa shape index (κ2) is 5.16. The first-order valence-corrected chi connectivity index (χ1v) is 7.14. The highest BCUT2D eigenvalue weighted by molar-refractivity contribution is 5.75. The smallest absolute Gasteiger partial charge is 0.291 e. The summed E-state index contributed by atoms with van der Waals surface area (Å²) in [5.74, 6) is 0. The first kappa shape index (κ1) is 13.5. The molecule has 0 aliphatic heterocycles. The minimum Gasteiger partial charge on any atom is -0.291 e. The van der Waals surface area contributed by atoms with Crippen molar-refractivity contribution in [1.82, 2.24) is 23.5 Å². The molecule has 3 heterocycles. The summed E-state index contributed by atoms with van der Waals surface area (Å²) in [6.07, 6.45) is 6.41. The van der Waals surface area contributed by atoms with Gasteiger partial charge in [0.2, 0.25) is 0 Å². The Labute approximate surface area is 120 Å². The van der Waals surface area contributed by atoms with Crippen LogP contribution in [-0.2, 0) is 13.1 Å². The molecule has 0 fully saturated rings. The molecular weight excluding hydrogens is 270 g/mol. The Bertz CT molecular complexity index is 919. The van der Waals surface area contributed by atoms with Gasteiger partial charge in [-0.05, 0) is 12.8 Å². The second-order valence-corrected chi connectivity index (χ2v) is 4.98. The van der Waals surface area contributed by atoms with Gasteiger partial charge >= 0.3 is 5.69 Å². The summed E-state index contributed by atoms with van der Waals surface area (Å²) in [6, 6.07) is 0. The number of imidazole rings is 1. The SMILES string of the molecule is CCCn1c(=O)c2c(nc3cnccn32)n(CCC)c1=O. The Morgan fingerprint density at radius 1 is 1.10 bits per heavy atom. The largest absolute Gasteiger partial charge is 0.332 e. The number of rotatable bonds is 4. The first-order chi connectivity index (χ1) is 10.2. The Morgan fingerprint density at radius 3 is 2.52 bits per heavy atom. The van der Waals surface area contributed by atoms with Crippen LogP contribution in [0.1, 0.15) is 26.7 Å². The van der Waals surface area contributed by atoms with Crippen molar-refractivity contribution in [3.05, 3.63) is 39.4 Å². The molecule has 0 amide bonds. The number of aromatic nitrogens is 5. The lowest BCUT2D eigenvalue weighted by Gasteiger charge is -2.09. The summed E-state index contributed by atoms with van der Waals surface area (Å²) in [5.41, 5.74) is 0.875. The van der Waals surface area contributed by atoms with E-state index in [2.05, 4.69) is 9.97 Å². The van der Waals surface area contributed by atoms with Crippen molar-refractivity contribution in [3.8, 4) is 0 Å². The average molecular weight is 287 g/mol. The minimum atomic E-state index is -0.289. The number of fused-ring (bicyclic) bond motifs is 3. The van der Waals surface area contributed by atoms with Crippen LogP contribution in [-0.4, -0.2) is 23.5 Å². The van der Waals surface area contributed by atoms with Crippen LogP contribution in [0.15, 0.2) is 28.2 Å². The molecule has 0 saturated carbocycles. The van der Waals surface area contributed by atoms with Crippen LogP contribution in [0.4, 0.5) is 0 Å². The van der Waals surface area contributed by atoms with E-state index in [0.29, 0.717) is 29.9 Å². The molecule has 3 aromatic heterocycles. The molecule has 0 aliphatic carbocycles. The van der Waals surface area contributed by atoms with Gasteiger partial charge in [-0.25, -0.2) is 9.78 Å². The highest BCUT2D eigenvalue weighted by Gasteiger charge is 2.17. The molecule has 7 nitrogen and oxygen atoms in total. The first-order valence-electron chi connectivity index (χ1n) is 7.14. The normalized spacial score (nSPS) is 11.5. The van der Waals surface area contributed by atoms with Gasteiger partial charge in [-0.15, -0.1) is 0 Å². The van der Waals surface area contributed by atoms with Crippen molar-refractivity contribution < 1.29 is 0 Å². The van der Waals surface area contributed by atoms with E-state index in [4.69, 9.17) is 0 Å². The van der Waals surface area contributed by atoms with Gasteiger partial charge in [-0.3, -0.25) is 23.3 Å². The molecule has 0 atom stereocenters. The Hall–Kier alpha value is -2.44. The van der Waals surface area contributed by atoms with E-state index in [9.17, 15) is 9.59 Å². The molecule has 0 unspecified atom stereocenters. The van der Waals surface area contributed by atoms with Gasteiger partial charge in [0.1, 0.15) is 0 Å². The van der Waals surface area contributed by atoms with Gasteiger partial charge in [0.05, 0.1) is 6.20 Å². The highest BCUT2D eigenvalue weighted by atomic mass is 16.2. The van der Waals surface area contributed by atoms with Crippen molar-refractivity contribution in [2.45, 2.75) is 39.8 Å². The topological polar surface area (TPSA) is 74.2 Å². The minimum absolute atomic E-state index is 0.285. The summed E-state index contributed by atoms with van der Waals surface area (Å²) in [4.78, 5) is 33.6. The molecule has 21 heavy (non-hydrogen) atoms. The standard InChI is InChI=1S/C14H17N5O2/c1-3-6-18-12-11(13(20)19(7-4-2)14(18)21)17-8-5-15-9-10(17)16-12/h5,8-9H,3-4,6-7H2,1-2H3. The molecule has 0 aromatic carbocycles. The fourth-order valence-corrected chi connectivity index (χ4v) is 2.58. The lowest BCUT2D eigenvalue weighted by molar-refractivity contribution is 0.555. The summed E-state index contributed by atoms with van der Waals surface area (Å²) >= 11 is 0. The maximum absolute atomic E-state index is 12.6. The van der Waals surface area contributed by atoms with Crippen LogP contribution in [0, 0.1) is 0 Å². The Morgan fingerprint density at radius 2 is 1.81 bits per heavy atom. The van der Waals surface area contributed by atoms with Gasteiger partial charge in [-0.1, -0.05) is 13.8 Å². The molecule has 3 aromatic rings. The van der Waals surface area contributed by atoms with Gasteiger partial charge < -0.3 is 0 Å². The lowest BCUT2D eigenvalue weighted by atomic mass is 10.4. The van der Waals surface area contributed by atoms with Crippen LogP contribution in [0.5, 0.6) is 0 Å². The molecule has 7 heteroatoms. The van der Waals surface area contributed by atoms with Crippen LogP contribution >= 0.6 is 0 Å². The van der Waals surface area contributed by atoms with Gasteiger partial charge in [0.25, 0.3) is 5.56 Å². The second-order valence-electron chi connectivity index (χ2n) is 4.98. The number of aryl methyl sites for hydroxylation is 1. The Kier molecular flexibility index (Phi) is 3.32. The number of hydrogen-bond acceptors (Lipinski definition) is 4. The van der Waals surface area contributed by atoms with E-state index in [0.717, 1.165) is 12.8 Å². The van der Waals surface area contributed by atoms with Crippen LogP contribution in [0.3, 0.4) is 0 Å². The van der Waals surface area contributed by atoms with Crippen molar-refractivity contribution in [3.63, 3.8) is 0 Å². The zero-order valence-electron chi connectivity index (χ0n) is 12.1. The van der Waals surface area contributed by atoms with E-state index in [1.807, 2.05) is 13.8 Å². The van der Waals surface area contributed by atoms with Crippen molar-refractivity contribution in [2.24, 2.45) is 0 Å². The predicted octanol–water partition coefficient (Wildman–Crippen LogP) is 1.03. The molecular formula is C14H17N5O2. The van der Waals surface area contributed by atoms with E-state index in [-0.39, 0.29) is 11.2 Å². The van der Waals surface area contributed by atoms with Crippen LogP contribution in [0.25, 0.3) is 16.8 Å². The Balaban J connectivity index is 2.53. The maximum atomic E-state index is 12.6. The van der Waals surface area contributed by atoms with E-state index >= 15 is 0 Å². The van der Waals surface area contributed by atoms with Gasteiger partial charge in [0, 0.05) is 25.5 Å². The molecule has 0 aliphatic rings. The molecule has 110 valence electrons. The van der Waals surface area contributed by atoms with E-state index < -0.39 is 0 Å². The summed E-state index contributed by atoms with van der Waals surface area (Å²) < 4.78 is 4.58. The third-order valence-corrected chi connectivity index (χ3v) is 3.47. The third-order valence-electron chi connectivity index (χ3n) is 3.47. The van der Waals surface area contributed by atoms with Crippen molar-refractivity contribution in [1.29, 1.82) is 0 Å². The molecule has 0 radical (unpaired) electrons.